The number of rotatable bonds is 1. The Bertz CT molecular complexity index is 1110. The predicted molar refractivity (Wildman–Crippen MR) is 122 cm³/mol. The molecule has 0 aromatic heterocycles. The summed E-state index contributed by atoms with van der Waals surface area (Å²) in [6.07, 6.45) is 12.4. The van der Waals surface area contributed by atoms with Gasteiger partial charge in [0.1, 0.15) is 0 Å². The molecule has 3 aliphatic heterocycles. The van der Waals surface area contributed by atoms with Crippen molar-refractivity contribution in [3.05, 3.63) is 71.3 Å². The van der Waals surface area contributed by atoms with Gasteiger partial charge in [0.05, 0.1) is 11.2 Å². The average Bonchev–Trinajstić information content (AvgIpc) is 3.29. The van der Waals surface area contributed by atoms with Gasteiger partial charge in [0.2, 0.25) is 0 Å². The van der Waals surface area contributed by atoms with E-state index in [0.29, 0.717) is 11.8 Å². The highest BCUT2D eigenvalue weighted by Crippen LogP contribution is 2.68. The molecule has 2 spiro atoms. The Kier molecular flexibility index (Phi) is 3.47. The van der Waals surface area contributed by atoms with Crippen LogP contribution in [0, 0.1) is 11.3 Å². The molecule has 30 heavy (non-hydrogen) atoms. The minimum atomic E-state index is -0.0283. The van der Waals surface area contributed by atoms with Crippen LogP contribution in [-0.4, -0.2) is 24.3 Å². The van der Waals surface area contributed by atoms with Gasteiger partial charge in [0, 0.05) is 6.54 Å². The fourth-order valence-corrected chi connectivity index (χ4v) is 8.04. The van der Waals surface area contributed by atoms with Crippen molar-refractivity contribution in [3.8, 4) is 0 Å². The molecule has 1 N–H and O–H groups in total. The first-order chi connectivity index (χ1) is 14.6. The molecule has 0 unspecified atom stereocenters. The summed E-state index contributed by atoms with van der Waals surface area (Å²) in [6.45, 7) is 4.67. The van der Waals surface area contributed by atoms with Crippen LogP contribution in [0.15, 0.2) is 65.8 Å². The van der Waals surface area contributed by atoms with Crippen LogP contribution in [0.2, 0.25) is 0 Å². The molecule has 2 aromatic carbocycles. The number of hydrogen-bond donors (Lipinski definition) is 1. The summed E-state index contributed by atoms with van der Waals surface area (Å²) < 4.78 is 7.24. The van der Waals surface area contributed by atoms with Gasteiger partial charge in [0.15, 0.2) is 0 Å². The largest absolute Gasteiger partial charge is 0.359 e. The Morgan fingerprint density at radius 1 is 1.00 bits per heavy atom. The monoisotopic (exact) mass is 397 g/mol. The van der Waals surface area contributed by atoms with Gasteiger partial charge in [-0.2, -0.15) is 0 Å². The first-order valence-electron chi connectivity index (χ1n) is 11.9. The zero-order valence-electron chi connectivity index (χ0n) is 17.9. The van der Waals surface area contributed by atoms with Gasteiger partial charge in [-0.3, -0.25) is 0 Å². The van der Waals surface area contributed by atoms with E-state index in [1.54, 1.807) is 0 Å². The standard InChI is InChI=1S/C28H31NO/c1-26-11-10-22-17-23-18-29-15-14-27(23)12-13-28(22,30-27)25(26)9-8-24(26)21-7-6-19-4-2-3-5-20(19)16-21/h2-7,10,16-17,24-25,29H,8-9,11-15,18H2,1H3/t24-,25-,26-,27-,28-/m1/s1. The summed E-state index contributed by atoms with van der Waals surface area (Å²) in [5, 5.41) is 6.30. The molecule has 3 fully saturated rings. The van der Waals surface area contributed by atoms with Crippen molar-refractivity contribution < 1.29 is 4.74 Å². The van der Waals surface area contributed by atoms with E-state index >= 15 is 0 Å². The first-order valence-corrected chi connectivity index (χ1v) is 11.9. The zero-order valence-corrected chi connectivity index (χ0v) is 17.9. The Balaban J connectivity index is 1.32. The van der Waals surface area contributed by atoms with Gasteiger partial charge >= 0.3 is 0 Å². The molecule has 2 nitrogen and oxygen atoms in total. The lowest BCUT2D eigenvalue weighted by atomic mass is 9.58. The minimum absolute atomic E-state index is 0.0283. The van der Waals surface area contributed by atoms with Gasteiger partial charge in [-0.15, -0.1) is 0 Å². The highest BCUT2D eigenvalue weighted by Gasteiger charge is 2.66. The van der Waals surface area contributed by atoms with Crippen molar-refractivity contribution in [2.45, 2.75) is 62.6 Å². The molecule has 3 heterocycles. The molecule has 2 heteroatoms. The lowest BCUT2D eigenvalue weighted by Crippen LogP contribution is -2.55. The number of nitrogens with one attached hydrogen (secondary N) is 1. The van der Waals surface area contributed by atoms with E-state index in [2.05, 4.69) is 66.9 Å². The molecule has 0 amide bonds. The summed E-state index contributed by atoms with van der Waals surface area (Å²) in [5.74, 6) is 1.26. The Morgan fingerprint density at radius 2 is 1.90 bits per heavy atom. The van der Waals surface area contributed by atoms with E-state index in [9.17, 15) is 0 Å². The molecule has 7 rings (SSSR count). The highest BCUT2D eigenvalue weighted by molar-refractivity contribution is 5.83. The second-order valence-electron chi connectivity index (χ2n) is 10.7. The first kappa shape index (κ1) is 17.7. The fourth-order valence-electron chi connectivity index (χ4n) is 8.04. The minimum Gasteiger partial charge on any atom is -0.359 e. The molecule has 5 atom stereocenters. The Morgan fingerprint density at radius 3 is 2.83 bits per heavy atom. The second-order valence-corrected chi connectivity index (χ2v) is 10.7. The molecule has 2 aromatic rings. The number of benzene rings is 2. The fraction of sp³-hybridized carbons (Fsp3) is 0.500. The molecule has 0 radical (unpaired) electrons. The van der Waals surface area contributed by atoms with Crippen molar-refractivity contribution in [2.24, 2.45) is 11.3 Å². The lowest BCUT2D eigenvalue weighted by Gasteiger charge is -2.54. The average molecular weight is 398 g/mol. The molecule has 2 aliphatic carbocycles. The maximum atomic E-state index is 7.24. The maximum absolute atomic E-state index is 7.24. The van der Waals surface area contributed by atoms with E-state index in [0.717, 1.165) is 19.5 Å². The SMILES string of the molecule is C[C@]12CC=C3C=C4CNCC[C@]45CC[C@]3(O5)[C@@H]1CC[C@@H]2c1ccc2ccccc2c1. The normalized spacial score (nSPS) is 41.6. The zero-order chi connectivity index (χ0) is 20.0. The van der Waals surface area contributed by atoms with Crippen molar-refractivity contribution in [3.63, 3.8) is 0 Å². The smallest absolute Gasteiger partial charge is 0.0975 e. The van der Waals surface area contributed by atoms with Gasteiger partial charge in [-0.25, -0.2) is 0 Å². The second kappa shape index (κ2) is 5.87. The predicted octanol–water partition coefficient (Wildman–Crippen LogP) is 5.89. The number of fused-ring (bicyclic) bond motifs is 2. The van der Waals surface area contributed by atoms with Crippen LogP contribution in [0.1, 0.15) is 56.9 Å². The lowest BCUT2D eigenvalue weighted by molar-refractivity contribution is -0.132. The topological polar surface area (TPSA) is 21.3 Å². The Labute approximate surface area is 179 Å². The van der Waals surface area contributed by atoms with Crippen LogP contribution < -0.4 is 5.32 Å². The molecular weight excluding hydrogens is 366 g/mol. The summed E-state index contributed by atoms with van der Waals surface area (Å²) >= 11 is 0. The quantitative estimate of drug-likeness (QED) is 0.648. The highest BCUT2D eigenvalue weighted by atomic mass is 16.5. The van der Waals surface area contributed by atoms with Gasteiger partial charge in [-0.1, -0.05) is 61.5 Å². The van der Waals surface area contributed by atoms with Crippen LogP contribution in [0.25, 0.3) is 10.8 Å². The third-order valence-corrected chi connectivity index (χ3v) is 9.54. The van der Waals surface area contributed by atoms with Gasteiger partial charge in [-0.05, 0) is 89.8 Å². The van der Waals surface area contributed by atoms with Gasteiger partial charge < -0.3 is 10.1 Å². The van der Waals surface area contributed by atoms with Crippen molar-refractivity contribution in [1.82, 2.24) is 5.32 Å². The number of hydrogen-bond acceptors (Lipinski definition) is 2. The van der Waals surface area contributed by atoms with Crippen molar-refractivity contribution in [1.29, 1.82) is 0 Å². The number of piperidine rings is 1. The molecule has 2 saturated heterocycles. The van der Waals surface area contributed by atoms with E-state index in [-0.39, 0.29) is 16.6 Å². The van der Waals surface area contributed by atoms with E-state index < -0.39 is 0 Å². The van der Waals surface area contributed by atoms with E-state index in [1.165, 1.54) is 59.6 Å². The maximum Gasteiger partial charge on any atom is 0.0975 e. The van der Waals surface area contributed by atoms with Crippen molar-refractivity contribution >= 4 is 10.8 Å². The number of ether oxygens (including phenoxy) is 1. The number of allylic oxidation sites excluding steroid dienone is 1. The summed E-state index contributed by atoms with van der Waals surface area (Å²) in [7, 11) is 0. The van der Waals surface area contributed by atoms with E-state index in [1.807, 2.05) is 0 Å². The van der Waals surface area contributed by atoms with Gasteiger partial charge in [0.25, 0.3) is 0 Å². The van der Waals surface area contributed by atoms with Crippen LogP contribution >= 0.6 is 0 Å². The van der Waals surface area contributed by atoms with Crippen LogP contribution in [0.5, 0.6) is 0 Å². The summed E-state index contributed by atoms with van der Waals surface area (Å²) in [5.41, 5.74) is 4.85. The molecular formula is C28H31NO. The van der Waals surface area contributed by atoms with E-state index in [4.69, 9.17) is 4.74 Å². The third-order valence-electron chi connectivity index (χ3n) is 9.54. The van der Waals surface area contributed by atoms with Crippen LogP contribution in [0.3, 0.4) is 0 Å². The summed E-state index contributed by atoms with van der Waals surface area (Å²) in [6, 6.07) is 16.0. The molecule has 154 valence electrons. The van der Waals surface area contributed by atoms with Crippen LogP contribution in [0.4, 0.5) is 0 Å². The molecule has 1 saturated carbocycles. The molecule has 2 bridgehead atoms. The molecule has 5 aliphatic rings. The summed E-state index contributed by atoms with van der Waals surface area (Å²) in [4.78, 5) is 0. The third kappa shape index (κ3) is 2.12. The van der Waals surface area contributed by atoms with Crippen LogP contribution in [-0.2, 0) is 4.74 Å². The Hall–Kier alpha value is -1.90. The van der Waals surface area contributed by atoms with Crippen molar-refractivity contribution in [2.75, 3.05) is 13.1 Å².